The van der Waals surface area contributed by atoms with Crippen molar-refractivity contribution in [1.82, 2.24) is 0 Å². The molecule has 0 fully saturated rings. The van der Waals surface area contributed by atoms with Gasteiger partial charge in [-0.05, 0) is 23.8 Å². The van der Waals surface area contributed by atoms with E-state index in [9.17, 15) is 13.2 Å². The van der Waals surface area contributed by atoms with Crippen molar-refractivity contribution < 1.29 is 17.9 Å². The number of halogens is 1. The minimum Gasteiger partial charge on any atom is -0.457 e. The lowest BCUT2D eigenvalue weighted by Gasteiger charge is -2.03. The molecule has 0 spiro atoms. The van der Waals surface area contributed by atoms with Crippen molar-refractivity contribution in [3.8, 4) is 0 Å². The van der Waals surface area contributed by atoms with E-state index in [1.54, 1.807) is 24.3 Å². The first-order chi connectivity index (χ1) is 9.36. The molecule has 0 unspecified atom stereocenters. The van der Waals surface area contributed by atoms with E-state index in [1.165, 1.54) is 11.4 Å². The van der Waals surface area contributed by atoms with Gasteiger partial charge < -0.3 is 4.74 Å². The number of ether oxygens (including phenoxy) is 1. The lowest BCUT2D eigenvalue weighted by atomic mass is 10.2. The number of carbonyl (C=O) groups excluding carboxylic acids is 1. The molecule has 0 amide bonds. The summed E-state index contributed by atoms with van der Waals surface area (Å²) in [5.41, 5.74) is 0.897. The minimum atomic E-state index is -3.79. The molecule has 106 valence electrons. The second-order valence-electron chi connectivity index (χ2n) is 3.91. The van der Waals surface area contributed by atoms with Gasteiger partial charge in [0.2, 0.25) is 10.0 Å². The molecule has 5 nitrogen and oxygen atoms in total. The molecule has 0 atom stereocenters. The van der Waals surface area contributed by atoms with Crippen LogP contribution in [0.25, 0.3) is 0 Å². The molecule has 20 heavy (non-hydrogen) atoms. The van der Waals surface area contributed by atoms with Crippen LogP contribution in [-0.2, 0) is 21.4 Å². The topological polar surface area (TPSA) is 86.5 Å². The minimum absolute atomic E-state index is 0.0555. The number of carbonyl (C=O) groups is 1. The van der Waals surface area contributed by atoms with Crippen LogP contribution < -0.4 is 5.14 Å². The lowest BCUT2D eigenvalue weighted by Crippen LogP contribution is -2.10. The first kappa shape index (κ1) is 15.0. The molecule has 8 heteroatoms. The van der Waals surface area contributed by atoms with Crippen LogP contribution in [0.2, 0.25) is 5.02 Å². The molecule has 2 rings (SSSR count). The molecule has 0 radical (unpaired) electrons. The highest BCUT2D eigenvalue weighted by atomic mass is 35.5. The van der Waals surface area contributed by atoms with E-state index in [1.807, 2.05) is 0 Å². The summed E-state index contributed by atoms with van der Waals surface area (Å²) in [6, 6.07) is 8.10. The highest BCUT2D eigenvalue weighted by molar-refractivity contribution is 7.91. The van der Waals surface area contributed by atoms with Gasteiger partial charge in [0.1, 0.15) is 10.8 Å². The maximum atomic E-state index is 11.8. The summed E-state index contributed by atoms with van der Waals surface area (Å²) in [5, 5.41) is 6.90. The van der Waals surface area contributed by atoms with E-state index < -0.39 is 16.0 Å². The summed E-state index contributed by atoms with van der Waals surface area (Å²) in [6.07, 6.45) is 0. The van der Waals surface area contributed by atoms with Gasteiger partial charge in [-0.25, -0.2) is 18.4 Å². The maximum Gasteiger partial charge on any atom is 0.339 e. The van der Waals surface area contributed by atoms with Gasteiger partial charge in [0.05, 0.1) is 5.56 Å². The maximum absolute atomic E-state index is 11.8. The zero-order valence-corrected chi connectivity index (χ0v) is 12.5. The SMILES string of the molecule is NS(=O)(=O)c1cc(C(=O)OCc2cccc(Cl)c2)cs1. The average molecular weight is 332 g/mol. The first-order valence-corrected chi connectivity index (χ1v) is 8.19. The molecule has 0 aliphatic heterocycles. The van der Waals surface area contributed by atoms with Crippen LogP contribution in [0, 0.1) is 0 Å². The number of thiophene rings is 1. The van der Waals surface area contributed by atoms with Crippen LogP contribution in [0.4, 0.5) is 0 Å². The van der Waals surface area contributed by atoms with Crippen molar-refractivity contribution in [2.45, 2.75) is 10.8 Å². The molecule has 2 N–H and O–H groups in total. The number of hydrogen-bond donors (Lipinski definition) is 1. The van der Waals surface area contributed by atoms with Crippen molar-refractivity contribution in [2.75, 3.05) is 0 Å². The number of sulfonamides is 1. The molecule has 1 aromatic heterocycles. The Morgan fingerprint density at radius 1 is 1.35 bits per heavy atom. The summed E-state index contributed by atoms with van der Waals surface area (Å²) >= 11 is 6.69. The Morgan fingerprint density at radius 2 is 2.10 bits per heavy atom. The summed E-state index contributed by atoms with van der Waals surface area (Å²) in [4.78, 5) is 11.8. The van der Waals surface area contributed by atoms with E-state index in [2.05, 4.69) is 0 Å². The van der Waals surface area contributed by atoms with Crippen molar-refractivity contribution in [3.05, 3.63) is 51.9 Å². The molecule has 2 aromatic rings. The van der Waals surface area contributed by atoms with E-state index in [-0.39, 0.29) is 16.4 Å². The van der Waals surface area contributed by atoms with Gasteiger partial charge in [0, 0.05) is 10.4 Å². The van der Waals surface area contributed by atoms with Gasteiger partial charge in [-0.3, -0.25) is 0 Å². The zero-order valence-electron chi connectivity index (χ0n) is 10.1. The number of hydrogen-bond acceptors (Lipinski definition) is 5. The molecule has 0 saturated heterocycles. The van der Waals surface area contributed by atoms with Crippen molar-refractivity contribution in [1.29, 1.82) is 0 Å². The molecular formula is C12H10ClNO4S2. The van der Waals surface area contributed by atoms with E-state index >= 15 is 0 Å². The van der Waals surface area contributed by atoms with E-state index in [4.69, 9.17) is 21.5 Å². The highest BCUT2D eigenvalue weighted by Crippen LogP contribution is 2.20. The second-order valence-corrected chi connectivity index (χ2v) is 7.04. The number of primary sulfonamides is 1. The first-order valence-electron chi connectivity index (χ1n) is 5.39. The van der Waals surface area contributed by atoms with Gasteiger partial charge in [-0.2, -0.15) is 0 Å². The van der Waals surface area contributed by atoms with Gasteiger partial charge in [-0.1, -0.05) is 23.7 Å². The normalized spacial score (nSPS) is 11.3. The molecule has 1 aromatic carbocycles. The molecule has 0 aliphatic carbocycles. The van der Waals surface area contributed by atoms with Crippen LogP contribution in [0.3, 0.4) is 0 Å². The van der Waals surface area contributed by atoms with E-state index in [0.717, 1.165) is 16.9 Å². The average Bonchev–Trinajstić information content (AvgIpc) is 2.85. The fraction of sp³-hybridized carbons (Fsp3) is 0.0833. The second kappa shape index (κ2) is 5.92. The Hall–Kier alpha value is -1.41. The van der Waals surface area contributed by atoms with Gasteiger partial charge in [0.15, 0.2) is 0 Å². The third-order valence-electron chi connectivity index (χ3n) is 2.35. The fourth-order valence-electron chi connectivity index (χ4n) is 1.43. The number of benzene rings is 1. The Morgan fingerprint density at radius 3 is 2.70 bits per heavy atom. The quantitative estimate of drug-likeness (QED) is 0.871. The molecule has 0 aliphatic rings. The van der Waals surface area contributed by atoms with Gasteiger partial charge in [-0.15, -0.1) is 11.3 Å². The monoisotopic (exact) mass is 331 g/mol. The third kappa shape index (κ3) is 3.80. The number of rotatable bonds is 4. The molecule has 1 heterocycles. The standard InChI is InChI=1S/C12H10ClNO4S2/c13-10-3-1-2-8(4-10)6-18-12(15)9-5-11(19-7-9)20(14,16)17/h1-5,7H,6H2,(H2,14,16,17). The molecule has 0 bridgehead atoms. The molecule has 0 saturated carbocycles. The predicted molar refractivity (Wildman–Crippen MR) is 76.3 cm³/mol. The highest BCUT2D eigenvalue weighted by Gasteiger charge is 2.16. The van der Waals surface area contributed by atoms with Crippen LogP contribution in [0.5, 0.6) is 0 Å². The fourth-order valence-corrected chi connectivity index (χ4v) is 3.22. The van der Waals surface area contributed by atoms with Crippen LogP contribution in [-0.4, -0.2) is 14.4 Å². The zero-order chi connectivity index (χ0) is 14.8. The van der Waals surface area contributed by atoms with E-state index in [0.29, 0.717) is 5.02 Å². The van der Waals surface area contributed by atoms with Crippen LogP contribution in [0.15, 0.2) is 39.9 Å². The Bertz CT molecular complexity index is 739. The Balaban J connectivity index is 2.04. The third-order valence-corrected chi connectivity index (χ3v) is 4.97. The van der Waals surface area contributed by atoms with Crippen molar-refractivity contribution in [2.24, 2.45) is 5.14 Å². The van der Waals surface area contributed by atoms with Crippen LogP contribution in [0.1, 0.15) is 15.9 Å². The number of nitrogens with two attached hydrogens (primary N) is 1. The predicted octanol–water partition coefficient (Wildman–Crippen LogP) is 2.41. The lowest BCUT2D eigenvalue weighted by molar-refractivity contribution is 0.0473. The summed E-state index contributed by atoms with van der Waals surface area (Å²) in [7, 11) is -3.79. The van der Waals surface area contributed by atoms with Gasteiger partial charge in [0.25, 0.3) is 0 Å². The van der Waals surface area contributed by atoms with Crippen LogP contribution >= 0.6 is 22.9 Å². The Labute approximate surface area is 125 Å². The van der Waals surface area contributed by atoms with Crippen molar-refractivity contribution in [3.63, 3.8) is 0 Å². The van der Waals surface area contributed by atoms with Crippen molar-refractivity contribution >= 4 is 38.9 Å². The summed E-state index contributed by atoms with van der Waals surface area (Å²) < 4.78 is 27.2. The molecular weight excluding hydrogens is 322 g/mol. The largest absolute Gasteiger partial charge is 0.457 e. The summed E-state index contributed by atoms with van der Waals surface area (Å²) in [6.45, 7) is 0.0555. The smallest absolute Gasteiger partial charge is 0.339 e. The Kier molecular flexibility index (Phi) is 4.44. The summed E-state index contributed by atoms with van der Waals surface area (Å²) in [5.74, 6) is -0.615. The number of esters is 1. The van der Waals surface area contributed by atoms with Gasteiger partial charge >= 0.3 is 5.97 Å².